The van der Waals surface area contributed by atoms with Crippen molar-refractivity contribution in [1.82, 2.24) is 5.32 Å². The fourth-order valence-electron chi connectivity index (χ4n) is 2.42. The summed E-state index contributed by atoms with van der Waals surface area (Å²) in [5.41, 5.74) is 0.656. The Morgan fingerprint density at radius 3 is 2.95 bits per heavy atom. The van der Waals surface area contributed by atoms with Gasteiger partial charge >= 0.3 is 0 Å². The summed E-state index contributed by atoms with van der Waals surface area (Å²) >= 11 is 5.89. The number of hydrogen-bond acceptors (Lipinski definition) is 4. The number of nitrogens with zero attached hydrogens (tertiary/aromatic N) is 1. The predicted molar refractivity (Wildman–Crippen MR) is 78.6 cm³/mol. The molecule has 1 unspecified atom stereocenters. The van der Waals surface area contributed by atoms with Gasteiger partial charge in [-0.25, -0.2) is 0 Å². The van der Waals surface area contributed by atoms with Crippen LogP contribution in [0.25, 0.3) is 0 Å². The maximum atomic E-state index is 10.8. The summed E-state index contributed by atoms with van der Waals surface area (Å²) < 4.78 is 5.71. The number of aryl methyl sites for hydroxylation is 1. The number of piperidine rings is 1. The maximum absolute atomic E-state index is 10.8. The Morgan fingerprint density at radius 2 is 2.30 bits per heavy atom. The third-order valence-corrected chi connectivity index (χ3v) is 3.88. The third-order valence-electron chi connectivity index (χ3n) is 3.58. The lowest BCUT2D eigenvalue weighted by Gasteiger charge is -2.23. The number of ether oxygens (including phenoxy) is 1. The minimum Gasteiger partial charge on any atom is -0.493 e. The number of hydrogen-bond donors (Lipinski definition) is 1. The van der Waals surface area contributed by atoms with Crippen LogP contribution >= 0.6 is 11.6 Å². The summed E-state index contributed by atoms with van der Waals surface area (Å²) in [5.74, 6) is 0.622. The van der Waals surface area contributed by atoms with Crippen molar-refractivity contribution in [3.05, 3.63) is 32.8 Å². The molecule has 0 amide bonds. The van der Waals surface area contributed by atoms with Crippen LogP contribution in [0, 0.1) is 17.0 Å². The summed E-state index contributed by atoms with van der Waals surface area (Å²) in [5, 5.41) is 14.4. The molecule has 1 saturated heterocycles. The van der Waals surface area contributed by atoms with E-state index in [9.17, 15) is 10.1 Å². The zero-order valence-electron chi connectivity index (χ0n) is 11.5. The van der Waals surface area contributed by atoms with Crippen LogP contribution in [0.1, 0.15) is 31.2 Å². The molecule has 0 spiro atoms. The molecule has 5 nitrogen and oxygen atoms in total. The Kier molecular flexibility index (Phi) is 5.20. The highest BCUT2D eigenvalue weighted by Crippen LogP contribution is 2.32. The van der Waals surface area contributed by atoms with Crippen LogP contribution in [-0.4, -0.2) is 24.1 Å². The molecule has 0 bridgehead atoms. The molecule has 20 heavy (non-hydrogen) atoms. The first-order chi connectivity index (χ1) is 9.58. The first-order valence-electron chi connectivity index (χ1n) is 6.88. The lowest BCUT2D eigenvalue weighted by Crippen LogP contribution is -2.35. The third kappa shape index (κ3) is 3.84. The molecular formula is C14H19ClN2O3. The highest BCUT2D eigenvalue weighted by atomic mass is 35.5. The highest BCUT2D eigenvalue weighted by Gasteiger charge is 2.16. The number of nitro benzene ring substituents is 1. The molecule has 1 atom stereocenters. The SMILES string of the molecule is Cc1cc([N+](=O)[O-])c(Cl)cc1OCCC1CCCCN1. The smallest absolute Gasteiger partial charge is 0.288 e. The van der Waals surface area contributed by atoms with Crippen LogP contribution < -0.4 is 10.1 Å². The zero-order chi connectivity index (χ0) is 14.5. The van der Waals surface area contributed by atoms with E-state index in [1.54, 1.807) is 6.92 Å². The highest BCUT2D eigenvalue weighted by molar-refractivity contribution is 6.32. The molecule has 1 heterocycles. The van der Waals surface area contributed by atoms with E-state index in [1.807, 2.05) is 0 Å². The molecule has 0 radical (unpaired) electrons. The molecule has 2 rings (SSSR count). The van der Waals surface area contributed by atoms with Gasteiger partial charge < -0.3 is 10.1 Å². The van der Waals surface area contributed by atoms with Crippen molar-refractivity contribution in [1.29, 1.82) is 0 Å². The van der Waals surface area contributed by atoms with E-state index in [0.717, 1.165) is 18.5 Å². The van der Waals surface area contributed by atoms with Crippen LogP contribution in [0.3, 0.4) is 0 Å². The molecule has 6 heteroatoms. The number of nitrogens with one attached hydrogen (secondary N) is 1. The van der Waals surface area contributed by atoms with Crippen LogP contribution in [0.2, 0.25) is 5.02 Å². The predicted octanol–water partition coefficient (Wildman–Crippen LogP) is 3.47. The maximum Gasteiger partial charge on any atom is 0.288 e. The summed E-state index contributed by atoms with van der Waals surface area (Å²) in [4.78, 5) is 10.3. The van der Waals surface area contributed by atoms with Gasteiger partial charge in [-0.15, -0.1) is 0 Å². The van der Waals surface area contributed by atoms with Crippen molar-refractivity contribution in [2.75, 3.05) is 13.2 Å². The second-order valence-electron chi connectivity index (χ2n) is 5.11. The van der Waals surface area contributed by atoms with Crippen LogP contribution in [0.4, 0.5) is 5.69 Å². The number of nitro groups is 1. The molecule has 0 aromatic heterocycles. The number of halogens is 1. The normalized spacial score (nSPS) is 18.8. The Labute approximate surface area is 123 Å². The molecule has 1 aliphatic heterocycles. The number of rotatable bonds is 5. The van der Waals surface area contributed by atoms with E-state index in [2.05, 4.69) is 5.32 Å². The van der Waals surface area contributed by atoms with Crippen molar-refractivity contribution in [3.8, 4) is 5.75 Å². The minimum absolute atomic E-state index is 0.0783. The second kappa shape index (κ2) is 6.90. The summed E-state index contributed by atoms with van der Waals surface area (Å²) in [6.45, 7) is 3.46. The Morgan fingerprint density at radius 1 is 1.50 bits per heavy atom. The molecular weight excluding hydrogens is 280 g/mol. The van der Waals surface area contributed by atoms with Crippen LogP contribution in [0.15, 0.2) is 12.1 Å². The van der Waals surface area contributed by atoms with Gasteiger partial charge in [0.25, 0.3) is 5.69 Å². The van der Waals surface area contributed by atoms with Gasteiger partial charge in [0, 0.05) is 18.2 Å². The summed E-state index contributed by atoms with van der Waals surface area (Å²) in [6, 6.07) is 3.50. The molecule has 1 aromatic carbocycles. The minimum atomic E-state index is -0.481. The van der Waals surface area contributed by atoms with Gasteiger partial charge in [-0.05, 0) is 38.3 Å². The van der Waals surface area contributed by atoms with E-state index in [0.29, 0.717) is 18.4 Å². The van der Waals surface area contributed by atoms with Crippen LogP contribution in [-0.2, 0) is 0 Å². The lowest BCUT2D eigenvalue weighted by molar-refractivity contribution is -0.384. The molecule has 1 aromatic rings. The van der Waals surface area contributed by atoms with Gasteiger partial charge in [0.15, 0.2) is 0 Å². The van der Waals surface area contributed by atoms with E-state index in [1.165, 1.54) is 31.4 Å². The van der Waals surface area contributed by atoms with E-state index < -0.39 is 4.92 Å². The van der Waals surface area contributed by atoms with E-state index in [-0.39, 0.29) is 10.7 Å². The summed E-state index contributed by atoms with van der Waals surface area (Å²) in [6.07, 6.45) is 4.63. The van der Waals surface area contributed by atoms with Gasteiger partial charge in [0.1, 0.15) is 10.8 Å². The fourth-order valence-corrected chi connectivity index (χ4v) is 2.65. The van der Waals surface area contributed by atoms with Gasteiger partial charge in [-0.2, -0.15) is 0 Å². The fraction of sp³-hybridized carbons (Fsp3) is 0.571. The molecule has 1 fully saturated rings. The average Bonchev–Trinajstić information content (AvgIpc) is 2.43. The zero-order valence-corrected chi connectivity index (χ0v) is 12.3. The van der Waals surface area contributed by atoms with Crippen molar-refractivity contribution < 1.29 is 9.66 Å². The van der Waals surface area contributed by atoms with Gasteiger partial charge in [0.05, 0.1) is 11.5 Å². The molecule has 0 saturated carbocycles. The van der Waals surface area contributed by atoms with Gasteiger partial charge in [-0.3, -0.25) is 10.1 Å². The Bertz CT molecular complexity index is 488. The lowest BCUT2D eigenvalue weighted by atomic mass is 10.0. The van der Waals surface area contributed by atoms with Crippen molar-refractivity contribution in [3.63, 3.8) is 0 Å². The quantitative estimate of drug-likeness (QED) is 0.668. The summed E-state index contributed by atoms with van der Waals surface area (Å²) in [7, 11) is 0. The molecule has 1 aliphatic rings. The second-order valence-corrected chi connectivity index (χ2v) is 5.52. The van der Waals surface area contributed by atoms with E-state index >= 15 is 0 Å². The molecule has 110 valence electrons. The standard InChI is InChI=1S/C14H19ClN2O3/c1-10-8-13(17(18)19)12(15)9-14(10)20-7-5-11-4-2-3-6-16-11/h8-9,11,16H,2-7H2,1H3. The topological polar surface area (TPSA) is 64.4 Å². The number of benzene rings is 1. The monoisotopic (exact) mass is 298 g/mol. The largest absolute Gasteiger partial charge is 0.493 e. The molecule has 0 aliphatic carbocycles. The first kappa shape index (κ1) is 15.1. The average molecular weight is 299 g/mol. The van der Waals surface area contributed by atoms with Gasteiger partial charge in [-0.1, -0.05) is 18.0 Å². The Hall–Kier alpha value is -1.33. The first-order valence-corrected chi connectivity index (χ1v) is 7.26. The van der Waals surface area contributed by atoms with Gasteiger partial charge in [0.2, 0.25) is 0 Å². The van der Waals surface area contributed by atoms with Crippen molar-refractivity contribution in [2.45, 2.75) is 38.6 Å². The molecule has 1 N–H and O–H groups in total. The van der Waals surface area contributed by atoms with E-state index in [4.69, 9.17) is 16.3 Å². The van der Waals surface area contributed by atoms with Crippen molar-refractivity contribution >= 4 is 17.3 Å². The Balaban J connectivity index is 1.92. The van der Waals surface area contributed by atoms with Crippen molar-refractivity contribution in [2.24, 2.45) is 0 Å². The van der Waals surface area contributed by atoms with Crippen LogP contribution in [0.5, 0.6) is 5.75 Å².